The average Bonchev–Trinajstić information content (AvgIpc) is 3.22. The summed E-state index contributed by atoms with van der Waals surface area (Å²) in [5, 5.41) is 9.75. The third kappa shape index (κ3) is 5.56. The minimum Gasteiger partial charge on any atom is -0.365 e. The number of likely N-dealkylation sites (tertiary alicyclic amines) is 1. The van der Waals surface area contributed by atoms with Crippen LogP contribution >= 0.6 is 23.6 Å². The second-order valence-corrected chi connectivity index (χ2v) is 9.77. The number of methoxy groups -OCH3 is 1. The molecule has 0 aliphatic carbocycles. The normalized spacial score (nSPS) is 15.1. The van der Waals surface area contributed by atoms with Crippen molar-refractivity contribution in [1.29, 1.82) is 0 Å². The molecule has 1 aliphatic heterocycles. The van der Waals surface area contributed by atoms with E-state index in [4.69, 9.17) is 17.0 Å². The number of aromatic nitrogens is 1. The minimum atomic E-state index is -0.156. The van der Waals surface area contributed by atoms with Crippen molar-refractivity contribution in [3.05, 3.63) is 45.9 Å². The second kappa shape index (κ2) is 9.85. The number of anilines is 1. The van der Waals surface area contributed by atoms with Gasteiger partial charge in [0, 0.05) is 37.2 Å². The summed E-state index contributed by atoms with van der Waals surface area (Å²) >= 11 is 6.97. The number of amides is 1. The van der Waals surface area contributed by atoms with Crippen LogP contribution in [0.25, 0.3) is 0 Å². The van der Waals surface area contributed by atoms with Crippen LogP contribution in [0.2, 0.25) is 0 Å². The van der Waals surface area contributed by atoms with Gasteiger partial charge < -0.3 is 20.3 Å². The molecular weight excluding hydrogens is 416 g/mol. The van der Waals surface area contributed by atoms with Gasteiger partial charge in [-0.25, -0.2) is 4.98 Å². The van der Waals surface area contributed by atoms with E-state index in [9.17, 15) is 4.79 Å². The van der Waals surface area contributed by atoms with Gasteiger partial charge in [-0.15, -0.1) is 11.3 Å². The van der Waals surface area contributed by atoms with E-state index in [-0.39, 0.29) is 11.3 Å². The number of carbonyl (C=O) groups excluding carboxylic acids is 1. The Kier molecular flexibility index (Phi) is 7.44. The Morgan fingerprint density at radius 2 is 2.00 bits per heavy atom. The van der Waals surface area contributed by atoms with E-state index in [1.807, 2.05) is 23.6 Å². The number of para-hydroxylation sites is 1. The van der Waals surface area contributed by atoms with Crippen molar-refractivity contribution in [2.45, 2.75) is 44.9 Å². The Bertz CT molecular complexity index is 883. The Balaban J connectivity index is 1.61. The number of piperidine rings is 1. The van der Waals surface area contributed by atoms with Gasteiger partial charge in [0.2, 0.25) is 0 Å². The van der Waals surface area contributed by atoms with E-state index in [0.717, 1.165) is 47.3 Å². The predicted molar refractivity (Wildman–Crippen MR) is 126 cm³/mol. The molecule has 162 valence electrons. The van der Waals surface area contributed by atoms with Crippen LogP contribution in [-0.2, 0) is 10.2 Å². The molecule has 1 aliphatic rings. The first-order valence-corrected chi connectivity index (χ1v) is 11.5. The molecule has 1 aromatic heterocycles. The lowest BCUT2D eigenvalue weighted by Gasteiger charge is -2.33. The van der Waals surface area contributed by atoms with Crippen LogP contribution in [0.5, 0.6) is 0 Å². The van der Waals surface area contributed by atoms with Gasteiger partial charge in [-0.3, -0.25) is 4.79 Å². The summed E-state index contributed by atoms with van der Waals surface area (Å²) in [5.41, 5.74) is 2.39. The van der Waals surface area contributed by atoms with Gasteiger partial charge in [0.25, 0.3) is 5.91 Å². The molecule has 1 amide bonds. The highest BCUT2D eigenvalue weighted by atomic mass is 32.1. The molecule has 0 radical (unpaired) electrons. The molecule has 2 heterocycles. The van der Waals surface area contributed by atoms with Crippen LogP contribution in [0, 0.1) is 0 Å². The van der Waals surface area contributed by atoms with Crippen molar-refractivity contribution in [2.75, 3.05) is 32.2 Å². The van der Waals surface area contributed by atoms with Gasteiger partial charge in [-0.1, -0.05) is 39.0 Å². The van der Waals surface area contributed by atoms with Crippen molar-refractivity contribution < 1.29 is 9.53 Å². The summed E-state index contributed by atoms with van der Waals surface area (Å²) < 4.78 is 5.02. The number of rotatable bonds is 5. The van der Waals surface area contributed by atoms with Gasteiger partial charge in [-0.2, -0.15) is 0 Å². The van der Waals surface area contributed by atoms with Crippen molar-refractivity contribution in [3.8, 4) is 0 Å². The van der Waals surface area contributed by atoms with Crippen molar-refractivity contribution >= 4 is 40.3 Å². The fraction of sp³-hybridized carbons (Fsp3) is 0.500. The molecule has 0 bridgehead atoms. The molecule has 1 fully saturated rings. The molecule has 8 heteroatoms. The topological polar surface area (TPSA) is 66.5 Å². The highest BCUT2D eigenvalue weighted by molar-refractivity contribution is 7.80. The largest absolute Gasteiger partial charge is 0.365 e. The maximum absolute atomic E-state index is 12.8. The number of thiocarbonyl (C=S) groups is 1. The van der Waals surface area contributed by atoms with E-state index in [1.54, 1.807) is 18.4 Å². The Hall–Kier alpha value is -2.03. The SMILES string of the molecule is COCNC(=S)N1CCC(c2nc(C(=O)Nc3ccccc3C(C)(C)C)cs2)CC1. The van der Waals surface area contributed by atoms with Crippen LogP contribution < -0.4 is 10.6 Å². The lowest BCUT2D eigenvalue weighted by molar-refractivity contribution is 0.102. The predicted octanol–water partition coefficient (Wildman–Crippen LogP) is 4.35. The molecule has 1 saturated heterocycles. The van der Waals surface area contributed by atoms with Crippen LogP contribution in [-0.4, -0.2) is 47.8 Å². The zero-order chi connectivity index (χ0) is 21.7. The van der Waals surface area contributed by atoms with Gasteiger partial charge in [-0.05, 0) is 42.1 Å². The summed E-state index contributed by atoms with van der Waals surface area (Å²) in [6.07, 6.45) is 1.94. The van der Waals surface area contributed by atoms with Crippen molar-refractivity contribution in [1.82, 2.24) is 15.2 Å². The number of hydrogen-bond donors (Lipinski definition) is 2. The smallest absolute Gasteiger partial charge is 0.275 e. The minimum absolute atomic E-state index is 0.0518. The summed E-state index contributed by atoms with van der Waals surface area (Å²) in [5.74, 6) is 0.205. The Labute approximate surface area is 188 Å². The first-order chi connectivity index (χ1) is 14.3. The first kappa shape index (κ1) is 22.7. The number of nitrogens with one attached hydrogen (secondary N) is 2. The van der Waals surface area contributed by atoms with E-state index >= 15 is 0 Å². The Morgan fingerprint density at radius 1 is 1.30 bits per heavy atom. The fourth-order valence-corrected chi connectivity index (χ4v) is 4.80. The molecule has 0 atom stereocenters. The van der Waals surface area contributed by atoms with E-state index in [1.165, 1.54) is 0 Å². The monoisotopic (exact) mass is 446 g/mol. The first-order valence-electron chi connectivity index (χ1n) is 10.2. The molecule has 3 rings (SSSR count). The van der Waals surface area contributed by atoms with E-state index in [2.05, 4.69) is 47.4 Å². The molecule has 0 spiro atoms. The summed E-state index contributed by atoms with van der Waals surface area (Å²) in [6, 6.07) is 7.95. The third-order valence-electron chi connectivity index (χ3n) is 5.24. The number of hydrogen-bond acceptors (Lipinski definition) is 5. The number of thiazole rings is 1. The number of nitrogens with zero attached hydrogens (tertiary/aromatic N) is 2. The van der Waals surface area contributed by atoms with Gasteiger partial charge in [0.15, 0.2) is 5.11 Å². The van der Waals surface area contributed by atoms with E-state index in [0.29, 0.717) is 18.3 Å². The molecule has 30 heavy (non-hydrogen) atoms. The van der Waals surface area contributed by atoms with Crippen LogP contribution in [0.3, 0.4) is 0 Å². The maximum atomic E-state index is 12.8. The standard InChI is InChI=1S/C22H30N4O2S2/c1-22(2,3)16-7-5-6-8-17(16)24-19(27)18-13-30-20(25-18)15-9-11-26(12-10-15)21(29)23-14-28-4/h5-8,13,15H,9-12,14H2,1-4H3,(H,23,29)(H,24,27). The molecule has 0 saturated carbocycles. The van der Waals surface area contributed by atoms with Gasteiger partial charge in [0.1, 0.15) is 12.4 Å². The highest BCUT2D eigenvalue weighted by Crippen LogP contribution is 2.32. The summed E-state index contributed by atoms with van der Waals surface area (Å²) in [7, 11) is 1.64. The molecule has 0 unspecified atom stereocenters. The van der Waals surface area contributed by atoms with Crippen molar-refractivity contribution in [2.24, 2.45) is 0 Å². The van der Waals surface area contributed by atoms with E-state index < -0.39 is 0 Å². The lowest BCUT2D eigenvalue weighted by atomic mass is 9.86. The zero-order valence-corrected chi connectivity index (χ0v) is 19.7. The molecule has 2 N–H and O–H groups in total. The van der Waals surface area contributed by atoms with Crippen LogP contribution in [0.15, 0.2) is 29.6 Å². The van der Waals surface area contributed by atoms with Crippen LogP contribution in [0.4, 0.5) is 5.69 Å². The maximum Gasteiger partial charge on any atom is 0.275 e. The number of benzene rings is 1. The summed E-state index contributed by atoms with van der Waals surface area (Å²) in [4.78, 5) is 19.6. The molecule has 2 aromatic rings. The Morgan fingerprint density at radius 3 is 2.67 bits per heavy atom. The zero-order valence-electron chi connectivity index (χ0n) is 18.0. The molecule has 1 aromatic carbocycles. The quantitative estimate of drug-likeness (QED) is 0.526. The molecular formula is C22H30N4O2S2. The number of ether oxygens (including phenoxy) is 1. The van der Waals surface area contributed by atoms with Gasteiger partial charge in [0.05, 0.1) is 5.01 Å². The van der Waals surface area contributed by atoms with Crippen molar-refractivity contribution in [3.63, 3.8) is 0 Å². The molecule has 6 nitrogen and oxygen atoms in total. The summed E-state index contributed by atoms with van der Waals surface area (Å²) in [6.45, 7) is 8.59. The number of carbonyl (C=O) groups is 1. The average molecular weight is 447 g/mol. The van der Waals surface area contributed by atoms with Crippen LogP contribution in [0.1, 0.15) is 60.6 Å². The van der Waals surface area contributed by atoms with Gasteiger partial charge >= 0.3 is 0 Å². The third-order valence-corrected chi connectivity index (χ3v) is 6.65. The highest BCUT2D eigenvalue weighted by Gasteiger charge is 2.25. The lowest BCUT2D eigenvalue weighted by Crippen LogP contribution is -2.44. The fourth-order valence-electron chi connectivity index (χ4n) is 3.59. The second-order valence-electron chi connectivity index (χ2n) is 8.50.